The molecule has 0 fully saturated rings. The highest BCUT2D eigenvalue weighted by atomic mass is 32.2. The van der Waals surface area contributed by atoms with Crippen LogP contribution in [-0.4, -0.2) is 29.3 Å². The van der Waals surface area contributed by atoms with Crippen LogP contribution in [0.3, 0.4) is 0 Å². The molecule has 1 rings (SSSR count). The van der Waals surface area contributed by atoms with E-state index >= 15 is 0 Å². The maximum absolute atomic E-state index is 11.4. The van der Waals surface area contributed by atoms with E-state index in [0.29, 0.717) is 5.69 Å². The number of carbonyl (C=O) groups is 1. The van der Waals surface area contributed by atoms with E-state index in [2.05, 4.69) is 24.4 Å². The van der Waals surface area contributed by atoms with Crippen LogP contribution in [0.4, 0.5) is 10.5 Å². The summed E-state index contributed by atoms with van der Waals surface area (Å²) in [7, 11) is 1.28. The summed E-state index contributed by atoms with van der Waals surface area (Å²) in [5, 5.41) is 13.3. The molecular formula is C10H15N3O5S. The van der Waals surface area contributed by atoms with Crippen molar-refractivity contribution in [1.29, 1.82) is 0 Å². The molecule has 0 heterocycles. The summed E-state index contributed by atoms with van der Waals surface area (Å²) < 4.78 is 17.7. The van der Waals surface area contributed by atoms with Crippen molar-refractivity contribution < 1.29 is 23.3 Å². The van der Waals surface area contributed by atoms with Crippen molar-refractivity contribution in [3.8, 4) is 0 Å². The Bertz CT molecular complexity index is 426. The van der Waals surface area contributed by atoms with Crippen LogP contribution in [0.25, 0.3) is 0 Å². The molecule has 0 bridgehead atoms. The van der Waals surface area contributed by atoms with Crippen LogP contribution < -0.4 is 15.4 Å². The number of hydrogen-bond donors (Lipinski definition) is 4. The number of nitrogens with one attached hydrogen (secondary N) is 3. The first-order chi connectivity index (χ1) is 9.15. The fourth-order valence-corrected chi connectivity index (χ4v) is 1.48. The lowest BCUT2D eigenvalue weighted by Gasteiger charge is -2.08. The van der Waals surface area contributed by atoms with Gasteiger partial charge in [0.15, 0.2) is 0 Å². The maximum atomic E-state index is 11.4. The minimum atomic E-state index is -1.63. The highest BCUT2D eigenvalue weighted by molar-refractivity contribution is 7.78. The average molecular weight is 289 g/mol. The molecule has 2 amide bonds. The van der Waals surface area contributed by atoms with Gasteiger partial charge in [-0.3, -0.25) is 9.44 Å². The molecule has 0 saturated heterocycles. The Morgan fingerprint density at radius 2 is 2.05 bits per heavy atom. The van der Waals surface area contributed by atoms with Crippen molar-refractivity contribution in [1.82, 2.24) is 10.0 Å². The third-order valence-corrected chi connectivity index (χ3v) is 2.72. The third kappa shape index (κ3) is 6.27. The van der Waals surface area contributed by atoms with E-state index in [4.69, 9.17) is 5.26 Å². The van der Waals surface area contributed by atoms with E-state index in [0.717, 1.165) is 5.56 Å². The van der Waals surface area contributed by atoms with E-state index in [9.17, 15) is 9.00 Å². The Morgan fingerprint density at radius 3 is 2.63 bits per heavy atom. The van der Waals surface area contributed by atoms with E-state index in [1.54, 1.807) is 24.3 Å². The number of rotatable bonds is 7. The normalized spacial score (nSPS) is 11.9. The second-order valence-electron chi connectivity index (χ2n) is 3.32. The maximum Gasteiger partial charge on any atom is 0.320 e. The van der Waals surface area contributed by atoms with Gasteiger partial charge in [0, 0.05) is 5.69 Å². The number of urea groups is 1. The second kappa shape index (κ2) is 8.56. The van der Waals surface area contributed by atoms with E-state index < -0.39 is 17.3 Å². The number of amides is 2. The molecule has 1 unspecified atom stereocenters. The molecule has 0 aliphatic heterocycles. The van der Waals surface area contributed by atoms with Crippen LogP contribution in [-0.2, 0) is 26.9 Å². The Morgan fingerprint density at radius 1 is 1.37 bits per heavy atom. The summed E-state index contributed by atoms with van der Waals surface area (Å²) >= 11 is -1.63. The molecule has 0 aromatic heterocycles. The molecular weight excluding hydrogens is 274 g/mol. The molecule has 0 spiro atoms. The van der Waals surface area contributed by atoms with Gasteiger partial charge < -0.3 is 10.6 Å². The standard InChI is InChI=1S/C10H15N3O5S/c1-17-19(16)12-7-11-10(14)13-9-4-2-8(3-5-9)6-18-15/h2-5,12,15H,6-7H2,1H3,(H2,11,13,14). The van der Waals surface area contributed by atoms with Crippen molar-refractivity contribution in [2.75, 3.05) is 19.1 Å². The van der Waals surface area contributed by atoms with Gasteiger partial charge in [0.2, 0.25) is 11.3 Å². The summed E-state index contributed by atoms with van der Waals surface area (Å²) in [5.41, 5.74) is 1.35. The van der Waals surface area contributed by atoms with Gasteiger partial charge in [-0.15, -0.1) is 0 Å². The van der Waals surface area contributed by atoms with Crippen LogP contribution in [0.2, 0.25) is 0 Å². The summed E-state index contributed by atoms with van der Waals surface area (Å²) in [5.74, 6) is 0. The smallest absolute Gasteiger partial charge is 0.320 e. The minimum Gasteiger partial charge on any atom is -0.324 e. The number of anilines is 1. The molecule has 4 N–H and O–H groups in total. The highest BCUT2D eigenvalue weighted by Gasteiger charge is 2.02. The zero-order valence-electron chi connectivity index (χ0n) is 10.2. The zero-order valence-corrected chi connectivity index (χ0v) is 11.0. The predicted octanol–water partition coefficient (Wildman–Crippen LogP) is 0.570. The molecule has 1 atom stereocenters. The first-order valence-corrected chi connectivity index (χ1v) is 6.33. The van der Waals surface area contributed by atoms with Crippen LogP contribution in [0.1, 0.15) is 5.56 Å². The van der Waals surface area contributed by atoms with Crippen molar-refractivity contribution in [3.05, 3.63) is 29.8 Å². The molecule has 0 aliphatic rings. The first kappa shape index (κ1) is 15.5. The van der Waals surface area contributed by atoms with Crippen molar-refractivity contribution in [2.24, 2.45) is 0 Å². The summed E-state index contributed by atoms with van der Waals surface area (Å²) in [6.07, 6.45) is 0. The fourth-order valence-electron chi connectivity index (χ4n) is 1.17. The first-order valence-electron chi connectivity index (χ1n) is 5.25. The molecule has 106 valence electrons. The Kier molecular flexibility index (Phi) is 7.00. The summed E-state index contributed by atoms with van der Waals surface area (Å²) in [6.45, 7) is 0.0853. The van der Waals surface area contributed by atoms with Gasteiger partial charge in [0.1, 0.15) is 6.61 Å². The molecule has 9 heteroatoms. The second-order valence-corrected chi connectivity index (χ2v) is 4.42. The molecule has 0 aliphatic carbocycles. The average Bonchev–Trinajstić information content (AvgIpc) is 2.41. The lowest BCUT2D eigenvalue weighted by atomic mass is 10.2. The minimum absolute atomic E-state index is 0.00270. The van der Waals surface area contributed by atoms with Crippen LogP contribution in [0.15, 0.2) is 24.3 Å². The van der Waals surface area contributed by atoms with E-state index in [1.807, 2.05) is 0 Å². The topological polar surface area (TPSA) is 109 Å². The lowest BCUT2D eigenvalue weighted by Crippen LogP contribution is -2.37. The van der Waals surface area contributed by atoms with Crippen LogP contribution in [0, 0.1) is 0 Å². The number of carbonyl (C=O) groups excluding carboxylic acids is 1. The molecule has 8 nitrogen and oxygen atoms in total. The largest absolute Gasteiger partial charge is 0.324 e. The SMILES string of the molecule is COS(=O)NCNC(=O)Nc1ccc(COO)cc1. The van der Waals surface area contributed by atoms with E-state index in [-0.39, 0.29) is 13.3 Å². The molecule has 19 heavy (non-hydrogen) atoms. The van der Waals surface area contributed by atoms with E-state index in [1.165, 1.54) is 7.11 Å². The van der Waals surface area contributed by atoms with Crippen molar-refractivity contribution in [2.45, 2.75) is 6.61 Å². The monoisotopic (exact) mass is 289 g/mol. The van der Waals surface area contributed by atoms with Gasteiger partial charge >= 0.3 is 6.03 Å². The van der Waals surface area contributed by atoms with Crippen LogP contribution >= 0.6 is 0 Å². The molecule has 0 radical (unpaired) electrons. The Labute approximate surface area is 112 Å². The number of benzene rings is 1. The van der Waals surface area contributed by atoms with Gasteiger partial charge in [-0.1, -0.05) is 12.1 Å². The van der Waals surface area contributed by atoms with Crippen LogP contribution in [0.5, 0.6) is 0 Å². The summed E-state index contributed by atoms with van der Waals surface area (Å²) in [6, 6.07) is 6.27. The highest BCUT2D eigenvalue weighted by Crippen LogP contribution is 2.09. The molecule has 0 saturated carbocycles. The van der Waals surface area contributed by atoms with Gasteiger partial charge in [-0.05, 0) is 17.7 Å². The zero-order chi connectivity index (χ0) is 14.1. The predicted molar refractivity (Wildman–Crippen MR) is 69.2 cm³/mol. The molecule has 1 aromatic carbocycles. The third-order valence-electron chi connectivity index (χ3n) is 2.03. The van der Waals surface area contributed by atoms with Gasteiger partial charge in [-0.25, -0.2) is 13.9 Å². The fraction of sp³-hybridized carbons (Fsp3) is 0.300. The van der Waals surface area contributed by atoms with Gasteiger partial charge in [-0.2, -0.15) is 4.72 Å². The Balaban J connectivity index is 2.33. The van der Waals surface area contributed by atoms with Gasteiger partial charge in [0.05, 0.1) is 13.8 Å². The van der Waals surface area contributed by atoms with Crippen molar-refractivity contribution in [3.63, 3.8) is 0 Å². The molecule has 1 aromatic rings. The lowest BCUT2D eigenvalue weighted by molar-refractivity contribution is -0.253. The van der Waals surface area contributed by atoms with Gasteiger partial charge in [0.25, 0.3) is 0 Å². The summed E-state index contributed by atoms with van der Waals surface area (Å²) in [4.78, 5) is 15.4. The quantitative estimate of drug-likeness (QED) is 0.333. The van der Waals surface area contributed by atoms with Crippen molar-refractivity contribution >= 4 is 23.0 Å². The number of hydrogen-bond acceptors (Lipinski definition) is 5. The Hall–Kier alpha value is -1.52.